The standard InChI is InChI=1S/C27H27F3N2O4.Ca/c1-3-32(26(35)31-16-18-7-5-4-6-8-18)17-20-15-21(27(28,29)30)10-11-22(20)23-13-19(14-25(33)34)9-12-24(23)36-2;/h4-13,15H,3,14,16-17H2,1-2H3,(H,31,35)(H,33,34);/q;+2/p-2. The molecule has 0 spiro atoms. The average molecular weight is 539 g/mol. The van der Waals surface area contributed by atoms with Gasteiger partial charge in [0.1, 0.15) is 5.75 Å². The van der Waals surface area contributed by atoms with Gasteiger partial charge in [-0.25, -0.2) is 0 Å². The van der Waals surface area contributed by atoms with Gasteiger partial charge in [-0.05, 0) is 53.4 Å². The molecule has 190 valence electrons. The molecule has 0 fully saturated rings. The fraction of sp³-hybridized carbons (Fsp3) is 0.259. The maximum Gasteiger partial charge on any atom is 2.00 e. The maximum atomic E-state index is 13.5. The van der Waals surface area contributed by atoms with Gasteiger partial charge in [0.15, 0.2) is 0 Å². The average Bonchev–Trinajstić information content (AvgIpc) is 2.85. The first kappa shape index (κ1) is 30.5. The summed E-state index contributed by atoms with van der Waals surface area (Å²) in [6.45, 7) is 1.93. The molecule has 0 bridgehead atoms. The third-order valence-corrected chi connectivity index (χ3v) is 5.59. The summed E-state index contributed by atoms with van der Waals surface area (Å²) in [4.78, 5) is 16.5. The normalized spacial score (nSPS) is 11.5. The molecule has 0 saturated carbocycles. The van der Waals surface area contributed by atoms with Gasteiger partial charge in [0, 0.05) is 31.0 Å². The summed E-state index contributed by atoms with van der Waals surface area (Å²) < 4.78 is 46.0. The molecular formula is C27H25CaF3N2O4. The molecule has 0 saturated heterocycles. The molecule has 0 unspecified atom stereocenters. The van der Waals surface area contributed by atoms with Crippen LogP contribution in [0.5, 0.6) is 5.75 Å². The minimum Gasteiger partial charge on any atom is -0.846 e. The van der Waals surface area contributed by atoms with Gasteiger partial charge in [0.05, 0.1) is 25.2 Å². The molecule has 0 N–H and O–H groups in total. The van der Waals surface area contributed by atoms with Gasteiger partial charge in [0.25, 0.3) is 0 Å². The number of methoxy groups -OCH3 is 1. The molecule has 0 aliphatic rings. The zero-order valence-corrected chi connectivity index (χ0v) is 22.8. The third-order valence-electron chi connectivity index (χ3n) is 5.59. The molecule has 6 nitrogen and oxygen atoms in total. The van der Waals surface area contributed by atoms with E-state index in [1.807, 2.05) is 30.3 Å². The summed E-state index contributed by atoms with van der Waals surface area (Å²) in [5, 5.41) is 23.9. The summed E-state index contributed by atoms with van der Waals surface area (Å²) in [7, 11) is 1.41. The Hall–Kier alpha value is -2.75. The Morgan fingerprint density at radius 2 is 1.68 bits per heavy atom. The second-order valence-corrected chi connectivity index (χ2v) is 8.05. The predicted molar refractivity (Wildman–Crippen MR) is 132 cm³/mol. The number of benzene rings is 3. The summed E-state index contributed by atoms with van der Waals surface area (Å²) in [5.41, 5.74) is 1.38. The van der Waals surface area contributed by atoms with Crippen molar-refractivity contribution in [1.82, 2.24) is 4.90 Å². The number of hydrogen-bond donors (Lipinski definition) is 0. The van der Waals surface area contributed by atoms with E-state index in [0.29, 0.717) is 22.4 Å². The Morgan fingerprint density at radius 3 is 2.27 bits per heavy atom. The molecule has 10 heteroatoms. The first-order valence-corrected chi connectivity index (χ1v) is 11.2. The molecule has 0 aliphatic heterocycles. The van der Waals surface area contributed by atoms with E-state index in [1.165, 1.54) is 18.1 Å². The van der Waals surface area contributed by atoms with Crippen molar-refractivity contribution in [2.75, 3.05) is 13.7 Å². The van der Waals surface area contributed by atoms with Crippen molar-refractivity contribution in [3.8, 4) is 16.9 Å². The predicted octanol–water partition coefficient (Wildman–Crippen LogP) is 3.03. The minimum absolute atomic E-state index is 0. The number of alkyl halides is 3. The topological polar surface area (TPSA) is 88.0 Å². The van der Waals surface area contributed by atoms with Crippen molar-refractivity contribution < 1.29 is 32.9 Å². The second-order valence-electron chi connectivity index (χ2n) is 8.05. The SMILES string of the molecule is CCN(Cc1cc(C(F)(F)F)ccc1-c1cc(CC(=O)[O-])ccc1OC)C([O-])=NCc1ccccc1.[Ca+2]. The number of ether oxygens (including phenoxy) is 1. The van der Waals surface area contributed by atoms with E-state index >= 15 is 0 Å². The molecule has 3 aromatic rings. The van der Waals surface area contributed by atoms with Crippen LogP contribution in [-0.2, 0) is 30.5 Å². The molecule has 0 radical (unpaired) electrons. The van der Waals surface area contributed by atoms with E-state index < -0.39 is 23.7 Å². The van der Waals surface area contributed by atoms with Gasteiger partial charge in [-0.15, -0.1) is 0 Å². The quantitative estimate of drug-likeness (QED) is 0.238. The second kappa shape index (κ2) is 13.7. The summed E-state index contributed by atoms with van der Waals surface area (Å²) in [5.74, 6) is -0.942. The van der Waals surface area contributed by atoms with E-state index in [-0.39, 0.29) is 69.4 Å². The smallest absolute Gasteiger partial charge is 0.846 e. The van der Waals surface area contributed by atoms with Crippen LogP contribution < -0.4 is 14.9 Å². The van der Waals surface area contributed by atoms with Crippen molar-refractivity contribution >= 4 is 49.7 Å². The largest absolute Gasteiger partial charge is 2.00 e. The van der Waals surface area contributed by atoms with Crippen molar-refractivity contribution in [2.45, 2.75) is 32.6 Å². The van der Waals surface area contributed by atoms with Gasteiger partial charge in [0.2, 0.25) is 0 Å². The van der Waals surface area contributed by atoms with Crippen LogP contribution in [0.1, 0.15) is 29.2 Å². The van der Waals surface area contributed by atoms with E-state index in [0.717, 1.165) is 17.7 Å². The van der Waals surface area contributed by atoms with Crippen LogP contribution >= 0.6 is 0 Å². The number of carboxylic acid groups (broad SMARTS) is 1. The molecule has 0 heterocycles. The van der Waals surface area contributed by atoms with E-state index in [1.54, 1.807) is 25.1 Å². The van der Waals surface area contributed by atoms with Gasteiger partial charge in [-0.1, -0.05) is 42.5 Å². The Morgan fingerprint density at radius 1 is 0.973 bits per heavy atom. The molecule has 0 atom stereocenters. The number of halogens is 3. The first-order chi connectivity index (χ1) is 17.1. The van der Waals surface area contributed by atoms with Gasteiger partial charge in [-0.3, -0.25) is 4.99 Å². The van der Waals surface area contributed by atoms with Crippen molar-refractivity contribution in [3.05, 3.63) is 89.0 Å². The van der Waals surface area contributed by atoms with E-state index in [4.69, 9.17) is 4.74 Å². The molecule has 3 rings (SSSR count). The molecular weight excluding hydrogens is 513 g/mol. The number of carboxylic acids is 1. The van der Waals surface area contributed by atoms with Crippen molar-refractivity contribution in [3.63, 3.8) is 0 Å². The third kappa shape index (κ3) is 8.38. The Balaban J connectivity index is 0.00000481. The first-order valence-electron chi connectivity index (χ1n) is 11.2. The zero-order valence-electron chi connectivity index (χ0n) is 20.5. The number of aliphatic imine (C=N–C) groups is 1. The number of nitrogens with zero attached hydrogens (tertiary/aromatic N) is 2. The van der Waals surface area contributed by atoms with Gasteiger partial charge < -0.3 is 24.6 Å². The van der Waals surface area contributed by atoms with Gasteiger partial charge >= 0.3 is 43.9 Å². The van der Waals surface area contributed by atoms with Crippen molar-refractivity contribution in [1.29, 1.82) is 0 Å². The monoisotopic (exact) mass is 538 g/mol. The zero-order chi connectivity index (χ0) is 26.3. The number of amidine groups is 1. The number of rotatable bonds is 9. The number of carbonyl (C=O) groups is 1. The molecule has 0 amide bonds. The van der Waals surface area contributed by atoms with Crippen LogP contribution in [0.4, 0.5) is 13.2 Å². The molecule has 0 aromatic heterocycles. The van der Waals surface area contributed by atoms with Crippen LogP contribution in [0.3, 0.4) is 0 Å². The number of carbonyl (C=O) groups excluding carboxylic acids is 1. The fourth-order valence-electron chi connectivity index (χ4n) is 3.77. The van der Waals surface area contributed by atoms with Crippen LogP contribution in [0.15, 0.2) is 71.7 Å². The van der Waals surface area contributed by atoms with Crippen LogP contribution in [0, 0.1) is 0 Å². The maximum absolute atomic E-state index is 13.5. The van der Waals surface area contributed by atoms with Crippen LogP contribution in [0.2, 0.25) is 0 Å². The van der Waals surface area contributed by atoms with Crippen molar-refractivity contribution in [2.24, 2.45) is 4.99 Å². The molecule has 3 aromatic carbocycles. The Kier molecular flexibility index (Phi) is 11.3. The van der Waals surface area contributed by atoms with Gasteiger partial charge in [-0.2, -0.15) is 13.2 Å². The molecule has 0 aliphatic carbocycles. The minimum atomic E-state index is -4.59. The van der Waals surface area contributed by atoms with E-state index in [2.05, 4.69) is 4.99 Å². The number of hydrogen-bond acceptors (Lipinski definition) is 5. The van der Waals surface area contributed by atoms with E-state index in [9.17, 15) is 28.2 Å². The Labute approximate surface area is 243 Å². The van der Waals surface area contributed by atoms with Crippen LogP contribution in [0.25, 0.3) is 11.1 Å². The molecule has 37 heavy (non-hydrogen) atoms. The Bertz CT molecular complexity index is 1230. The number of aliphatic carboxylic acids is 1. The summed E-state index contributed by atoms with van der Waals surface area (Å²) >= 11 is 0. The van der Waals surface area contributed by atoms with Crippen LogP contribution in [-0.4, -0.2) is 68.3 Å². The summed E-state index contributed by atoms with van der Waals surface area (Å²) in [6.07, 6.45) is -4.96. The fourth-order valence-corrected chi connectivity index (χ4v) is 3.77. The summed E-state index contributed by atoms with van der Waals surface area (Å²) in [6, 6.07) is 16.5.